The Bertz CT molecular complexity index is 1340. The highest BCUT2D eigenvalue weighted by atomic mass is 32.1. The summed E-state index contributed by atoms with van der Waals surface area (Å²) in [6.07, 6.45) is 2.62. The molecule has 11 nitrogen and oxygen atoms in total. The molecule has 4 aromatic rings. The van der Waals surface area contributed by atoms with Gasteiger partial charge in [0.05, 0.1) is 11.3 Å². The second kappa shape index (κ2) is 6.69. The molecule has 0 amide bonds. The Labute approximate surface area is 172 Å². The van der Waals surface area contributed by atoms with Crippen molar-refractivity contribution >= 4 is 34.4 Å². The van der Waals surface area contributed by atoms with Gasteiger partial charge in [-0.1, -0.05) is 5.16 Å². The van der Waals surface area contributed by atoms with Gasteiger partial charge in [0.1, 0.15) is 17.7 Å². The molecule has 0 aromatic carbocycles. The number of anilines is 1. The van der Waals surface area contributed by atoms with Crippen LogP contribution in [0.25, 0.3) is 16.2 Å². The number of aromatic carboxylic acids is 1. The van der Waals surface area contributed by atoms with E-state index >= 15 is 0 Å². The molecule has 152 valence electrons. The monoisotopic (exact) mass is 425 g/mol. The molecule has 0 bridgehead atoms. The standard InChI is InChI=1S/C18H15N7O4S/c1-8-3-12(24-4-10(5-24)16-21-9(2)23-29-16)22-15-13(8)14(26)11(17(27)28)6-25(15)18-19-7-20-30-18/h3,6-7,10H,4-5H2,1-2H3,(H,27,28). The van der Waals surface area contributed by atoms with Gasteiger partial charge in [0, 0.05) is 30.8 Å². The van der Waals surface area contributed by atoms with Crippen molar-refractivity contribution in [3.8, 4) is 5.13 Å². The highest BCUT2D eigenvalue weighted by Gasteiger charge is 2.34. The summed E-state index contributed by atoms with van der Waals surface area (Å²) in [6, 6.07) is 1.79. The van der Waals surface area contributed by atoms with Gasteiger partial charge >= 0.3 is 5.97 Å². The zero-order valence-electron chi connectivity index (χ0n) is 15.9. The van der Waals surface area contributed by atoms with Crippen molar-refractivity contribution in [2.24, 2.45) is 0 Å². The smallest absolute Gasteiger partial charge is 0.341 e. The summed E-state index contributed by atoms with van der Waals surface area (Å²) in [6.45, 7) is 4.84. The number of fused-ring (bicyclic) bond motifs is 1. The molecule has 0 radical (unpaired) electrons. The molecule has 0 aliphatic carbocycles. The van der Waals surface area contributed by atoms with Gasteiger partial charge in [-0.15, -0.1) is 0 Å². The van der Waals surface area contributed by atoms with E-state index in [0.717, 1.165) is 11.5 Å². The minimum Gasteiger partial charge on any atom is -0.477 e. The highest BCUT2D eigenvalue weighted by Crippen LogP contribution is 2.32. The Kier molecular flexibility index (Phi) is 4.10. The molecule has 1 aliphatic rings. The van der Waals surface area contributed by atoms with E-state index in [-0.39, 0.29) is 16.9 Å². The van der Waals surface area contributed by atoms with Crippen molar-refractivity contribution in [2.45, 2.75) is 19.8 Å². The second-order valence-electron chi connectivity index (χ2n) is 7.05. The molecule has 0 spiro atoms. The Hall–Kier alpha value is -3.67. The average molecular weight is 425 g/mol. The summed E-state index contributed by atoms with van der Waals surface area (Å²) in [5, 5.41) is 14.0. The number of rotatable bonds is 4. The number of aryl methyl sites for hydroxylation is 2. The molecule has 5 rings (SSSR count). The minimum absolute atomic E-state index is 0.115. The van der Waals surface area contributed by atoms with Gasteiger partial charge in [0.15, 0.2) is 11.5 Å². The molecule has 4 aromatic heterocycles. The first-order valence-corrected chi connectivity index (χ1v) is 9.82. The van der Waals surface area contributed by atoms with Gasteiger partial charge in [-0.2, -0.15) is 9.36 Å². The van der Waals surface area contributed by atoms with Crippen LogP contribution < -0.4 is 10.3 Å². The summed E-state index contributed by atoms with van der Waals surface area (Å²) >= 11 is 1.08. The van der Waals surface area contributed by atoms with Gasteiger partial charge in [-0.25, -0.2) is 14.8 Å². The number of carbonyl (C=O) groups is 1. The van der Waals surface area contributed by atoms with Crippen LogP contribution >= 0.6 is 11.5 Å². The maximum Gasteiger partial charge on any atom is 0.341 e. The first-order valence-electron chi connectivity index (χ1n) is 9.05. The fraction of sp³-hybridized carbons (Fsp3) is 0.278. The van der Waals surface area contributed by atoms with Crippen LogP contribution in [-0.2, 0) is 0 Å². The van der Waals surface area contributed by atoms with Gasteiger partial charge in [-0.05, 0) is 25.5 Å². The molecule has 30 heavy (non-hydrogen) atoms. The first kappa shape index (κ1) is 18.4. The fourth-order valence-electron chi connectivity index (χ4n) is 3.51. The lowest BCUT2D eigenvalue weighted by molar-refractivity contribution is 0.0695. The molecule has 12 heteroatoms. The van der Waals surface area contributed by atoms with E-state index in [9.17, 15) is 14.7 Å². The van der Waals surface area contributed by atoms with Crippen LogP contribution in [0.3, 0.4) is 0 Å². The van der Waals surface area contributed by atoms with Gasteiger partial charge in [0.2, 0.25) is 16.5 Å². The molecule has 0 saturated carbocycles. The topological polar surface area (TPSA) is 140 Å². The summed E-state index contributed by atoms with van der Waals surface area (Å²) in [7, 11) is 0. The predicted molar refractivity (Wildman–Crippen MR) is 106 cm³/mol. The number of hydrogen-bond acceptors (Lipinski definition) is 10. The predicted octanol–water partition coefficient (Wildman–Crippen LogP) is 1.54. The number of pyridine rings is 2. The Balaban J connectivity index is 1.61. The fourth-order valence-corrected chi connectivity index (χ4v) is 4.02. The maximum absolute atomic E-state index is 12.8. The Morgan fingerprint density at radius 3 is 2.73 bits per heavy atom. The normalized spacial score (nSPS) is 14.3. The highest BCUT2D eigenvalue weighted by molar-refractivity contribution is 7.08. The van der Waals surface area contributed by atoms with Gasteiger partial charge in [0.25, 0.3) is 0 Å². The number of carboxylic acids is 1. The van der Waals surface area contributed by atoms with Crippen LogP contribution in [0.5, 0.6) is 0 Å². The molecular weight excluding hydrogens is 410 g/mol. The van der Waals surface area contributed by atoms with E-state index in [1.165, 1.54) is 17.1 Å². The first-order chi connectivity index (χ1) is 14.4. The molecular formula is C18H15N7O4S. The quantitative estimate of drug-likeness (QED) is 0.512. The van der Waals surface area contributed by atoms with Crippen LogP contribution in [-0.4, -0.2) is 53.2 Å². The van der Waals surface area contributed by atoms with Gasteiger partial charge in [-0.3, -0.25) is 9.36 Å². The molecule has 1 aliphatic heterocycles. The molecule has 1 saturated heterocycles. The minimum atomic E-state index is -1.30. The summed E-state index contributed by atoms with van der Waals surface area (Å²) in [5.41, 5.74) is 0.0658. The van der Waals surface area contributed by atoms with Crippen LogP contribution in [0, 0.1) is 13.8 Å². The van der Waals surface area contributed by atoms with E-state index in [4.69, 9.17) is 4.52 Å². The van der Waals surface area contributed by atoms with Crippen molar-refractivity contribution < 1.29 is 14.4 Å². The molecule has 0 unspecified atom stereocenters. The summed E-state index contributed by atoms with van der Waals surface area (Å²) in [4.78, 5) is 39.6. The molecule has 1 fully saturated rings. The number of nitrogens with zero attached hydrogens (tertiary/aromatic N) is 7. The maximum atomic E-state index is 12.8. The third-order valence-electron chi connectivity index (χ3n) is 5.03. The van der Waals surface area contributed by atoms with E-state index in [1.807, 2.05) is 4.90 Å². The number of aromatic nitrogens is 6. The van der Waals surface area contributed by atoms with Crippen molar-refractivity contribution in [1.82, 2.24) is 29.0 Å². The van der Waals surface area contributed by atoms with E-state index in [2.05, 4.69) is 24.5 Å². The van der Waals surface area contributed by atoms with Crippen LogP contribution in [0.4, 0.5) is 5.82 Å². The zero-order chi connectivity index (χ0) is 21.0. The molecule has 5 heterocycles. The second-order valence-corrected chi connectivity index (χ2v) is 7.81. The van der Waals surface area contributed by atoms with Crippen LogP contribution in [0.2, 0.25) is 0 Å². The zero-order valence-corrected chi connectivity index (χ0v) is 16.8. The van der Waals surface area contributed by atoms with E-state index in [0.29, 0.717) is 47.0 Å². The molecule has 0 atom stereocenters. The van der Waals surface area contributed by atoms with Crippen molar-refractivity contribution in [1.29, 1.82) is 0 Å². The lowest BCUT2D eigenvalue weighted by Gasteiger charge is -2.38. The van der Waals surface area contributed by atoms with Crippen molar-refractivity contribution in [3.05, 3.63) is 51.7 Å². The third kappa shape index (κ3) is 2.84. The SMILES string of the molecule is Cc1noc(C2CN(c3cc(C)c4c(=O)c(C(=O)O)cn(-c5ncns5)c4n3)C2)n1. The largest absolute Gasteiger partial charge is 0.477 e. The lowest BCUT2D eigenvalue weighted by Crippen LogP contribution is -2.45. The molecule has 1 N–H and O–H groups in total. The van der Waals surface area contributed by atoms with Crippen LogP contribution in [0.15, 0.2) is 27.9 Å². The summed E-state index contributed by atoms with van der Waals surface area (Å²) < 4.78 is 10.7. The lowest BCUT2D eigenvalue weighted by atomic mass is 9.99. The Morgan fingerprint density at radius 2 is 2.10 bits per heavy atom. The number of hydrogen-bond donors (Lipinski definition) is 1. The number of carboxylic acid groups (broad SMARTS) is 1. The van der Waals surface area contributed by atoms with Gasteiger partial charge < -0.3 is 14.5 Å². The van der Waals surface area contributed by atoms with Crippen molar-refractivity contribution in [3.63, 3.8) is 0 Å². The van der Waals surface area contributed by atoms with Crippen molar-refractivity contribution in [2.75, 3.05) is 18.0 Å². The average Bonchev–Trinajstić information content (AvgIpc) is 3.32. The van der Waals surface area contributed by atoms with E-state index in [1.54, 1.807) is 19.9 Å². The summed E-state index contributed by atoms with van der Waals surface area (Å²) in [5.74, 6) is 0.678. The van der Waals surface area contributed by atoms with Crippen LogP contribution in [0.1, 0.15) is 33.6 Å². The van der Waals surface area contributed by atoms with E-state index < -0.39 is 11.4 Å². The Morgan fingerprint density at radius 1 is 1.30 bits per heavy atom. The third-order valence-corrected chi connectivity index (χ3v) is 5.69.